The molecule has 1 aromatic carbocycles. The molecule has 0 aliphatic rings. The highest BCUT2D eigenvalue weighted by molar-refractivity contribution is 7.21. The molecule has 2 heterocycles. The van der Waals surface area contributed by atoms with Gasteiger partial charge in [0, 0.05) is 0 Å². The van der Waals surface area contributed by atoms with Crippen LogP contribution in [0.15, 0.2) is 30.6 Å². The quantitative estimate of drug-likeness (QED) is 0.703. The van der Waals surface area contributed by atoms with Gasteiger partial charge in [-0.05, 0) is 12.1 Å². The summed E-state index contributed by atoms with van der Waals surface area (Å²) in [5.41, 5.74) is -0.481. The summed E-state index contributed by atoms with van der Waals surface area (Å²) in [6.07, 6.45) is -3.17. The smallest absolute Gasteiger partial charge is 0.331 e. The minimum atomic E-state index is -4.45. The summed E-state index contributed by atoms with van der Waals surface area (Å²) >= 11 is 6.96. The molecule has 21 heavy (non-hydrogen) atoms. The first kappa shape index (κ1) is 14.0. The van der Waals surface area contributed by atoms with Crippen LogP contribution < -0.4 is 5.32 Å². The van der Waals surface area contributed by atoms with Crippen LogP contribution in [0, 0.1) is 0 Å². The second-order valence-corrected chi connectivity index (χ2v) is 5.34. The normalized spacial score (nSPS) is 11.8. The molecule has 2 aromatic heterocycles. The molecule has 3 aromatic rings. The second kappa shape index (κ2) is 5.12. The van der Waals surface area contributed by atoms with E-state index in [1.807, 2.05) is 0 Å². The lowest BCUT2D eigenvalue weighted by Crippen LogP contribution is -2.08. The molecular formula is C12H6ClF3N4S. The lowest BCUT2D eigenvalue weighted by atomic mass is 10.2. The predicted octanol–water partition coefficient (Wildman–Crippen LogP) is 4.50. The van der Waals surface area contributed by atoms with Gasteiger partial charge in [0.05, 0.1) is 11.3 Å². The van der Waals surface area contributed by atoms with Crippen molar-refractivity contribution in [1.82, 2.24) is 15.0 Å². The average Bonchev–Trinajstić information content (AvgIpc) is 2.82. The molecule has 0 saturated carbocycles. The first-order chi connectivity index (χ1) is 9.95. The van der Waals surface area contributed by atoms with Crippen molar-refractivity contribution in [3.8, 4) is 0 Å². The van der Waals surface area contributed by atoms with Crippen molar-refractivity contribution in [2.75, 3.05) is 5.32 Å². The van der Waals surface area contributed by atoms with Gasteiger partial charge in [-0.15, -0.1) is 0 Å². The van der Waals surface area contributed by atoms with E-state index in [0.29, 0.717) is 10.3 Å². The van der Waals surface area contributed by atoms with Crippen LogP contribution in [0.4, 0.5) is 24.0 Å². The molecular weight excluding hydrogens is 325 g/mol. The number of benzene rings is 1. The van der Waals surface area contributed by atoms with Crippen molar-refractivity contribution in [3.63, 3.8) is 0 Å². The monoisotopic (exact) mass is 330 g/mol. The Hall–Kier alpha value is -1.93. The van der Waals surface area contributed by atoms with E-state index in [2.05, 4.69) is 20.3 Å². The molecule has 1 N–H and O–H groups in total. The lowest BCUT2D eigenvalue weighted by Gasteiger charge is -2.12. The number of halogens is 4. The van der Waals surface area contributed by atoms with E-state index in [1.165, 1.54) is 24.5 Å². The van der Waals surface area contributed by atoms with Crippen LogP contribution in [0.3, 0.4) is 0 Å². The van der Waals surface area contributed by atoms with Gasteiger partial charge in [-0.2, -0.15) is 13.2 Å². The number of nitrogens with zero attached hydrogens (tertiary/aromatic N) is 3. The standard InChI is InChI=1S/C12H6ClF3N4S/c13-9-8-10(18-5-17-9)21-11(20-8)19-7-4-2-1-3-6(7)12(14,15)16/h1-5H,(H,19,20). The van der Waals surface area contributed by atoms with E-state index < -0.39 is 11.7 Å². The number of hydrogen-bond donors (Lipinski definition) is 1. The third kappa shape index (κ3) is 2.77. The highest BCUT2D eigenvalue weighted by Gasteiger charge is 2.33. The van der Waals surface area contributed by atoms with Crippen molar-refractivity contribution in [1.29, 1.82) is 0 Å². The number of alkyl halides is 3. The first-order valence-electron chi connectivity index (χ1n) is 5.65. The van der Waals surface area contributed by atoms with Gasteiger partial charge in [0.1, 0.15) is 16.7 Å². The van der Waals surface area contributed by atoms with Crippen LogP contribution in [0.5, 0.6) is 0 Å². The van der Waals surface area contributed by atoms with Gasteiger partial charge in [-0.3, -0.25) is 0 Å². The van der Waals surface area contributed by atoms with Gasteiger partial charge in [0.25, 0.3) is 0 Å². The molecule has 0 atom stereocenters. The van der Waals surface area contributed by atoms with Crippen molar-refractivity contribution in [2.24, 2.45) is 0 Å². The molecule has 0 saturated heterocycles. The second-order valence-electron chi connectivity index (χ2n) is 4.01. The summed E-state index contributed by atoms with van der Waals surface area (Å²) in [6, 6.07) is 5.18. The minimum Gasteiger partial charge on any atom is -0.331 e. The van der Waals surface area contributed by atoms with Crippen LogP contribution in [-0.4, -0.2) is 15.0 Å². The molecule has 0 bridgehead atoms. The molecule has 0 amide bonds. The summed E-state index contributed by atoms with van der Waals surface area (Å²) in [5, 5.41) is 3.08. The fourth-order valence-electron chi connectivity index (χ4n) is 1.74. The zero-order valence-electron chi connectivity index (χ0n) is 10.1. The van der Waals surface area contributed by atoms with E-state index in [-0.39, 0.29) is 16.0 Å². The Kier molecular flexibility index (Phi) is 3.42. The summed E-state index contributed by atoms with van der Waals surface area (Å²) in [4.78, 5) is 12.4. The summed E-state index contributed by atoms with van der Waals surface area (Å²) in [7, 11) is 0. The maximum atomic E-state index is 12.9. The van der Waals surface area contributed by atoms with Crippen LogP contribution in [0.25, 0.3) is 10.3 Å². The molecule has 0 aliphatic heterocycles. The maximum absolute atomic E-state index is 12.9. The number of thiazole rings is 1. The van der Waals surface area contributed by atoms with Crippen LogP contribution in [-0.2, 0) is 6.18 Å². The summed E-state index contributed by atoms with van der Waals surface area (Å²) in [6.45, 7) is 0. The minimum absolute atomic E-state index is 0.0758. The number of hydrogen-bond acceptors (Lipinski definition) is 5. The number of nitrogens with one attached hydrogen (secondary N) is 1. The topological polar surface area (TPSA) is 50.7 Å². The van der Waals surface area contributed by atoms with Gasteiger partial charge >= 0.3 is 6.18 Å². The Balaban J connectivity index is 2.01. The largest absolute Gasteiger partial charge is 0.418 e. The van der Waals surface area contributed by atoms with Crippen molar-refractivity contribution in [3.05, 3.63) is 41.3 Å². The van der Waals surface area contributed by atoms with E-state index in [9.17, 15) is 13.2 Å². The third-order valence-corrected chi connectivity index (χ3v) is 3.78. The van der Waals surface area contributed by atoms with E-state index in [0.717, 1.165) is 17.4 Å². The first-order valence-corrected chi connectivity index (χ1v) is 6.85. The summed E-state index contributed by atoms with van der Waals surface area (Å²) in [5.74, 6) is 0. The third-order valence-electron chi connectivity index (χ3n) is 2.62. The van der Waals surface area contributed by atoms with Crippen LogP contribution in [0.1, 0.15) is 5.56 Å². The predicted molar refractivity (Wildman–Crippen MR) is 74.9 cm³/mol. The van der Waals surface area contributed by atoms with Crippen LogP contribution >= 0.6 is 22.9 Å². The fourth-order valence-corrected chi connectivity index (χ4v) is 2.79. The number of fused-ring (bicyclic) bond motifs is 1. The molecule has 0 unspecified atom stereocenters. The van der Waals surface area contributed by atoms with Gasteiger partial charge < -0.3 is 5.32 Å². The molecule has 108 valence electrons. The molecule has 9 heteroatoms. The van der Waals surface area contributed by atoms with Gasteiger partial charge in [0.2, 0.25) is 0 Å². The number of para-hydroxylation sites is 1. The van der Waals surface area contributed by atoms with E-state index >= 15 is 0 Å². The average molecular weight is 331 g/mol. The molecule has 0 fully saturated rings. The number of rotatable bonds is 2. The molecule has 0 aliphatic carbocycles. The Labute approximate surface area is 125 Å². The van der Waals surface area contributed by atoms with Gasteiger partial charge in [-0.25, -0.2) is 15.0 Å². The fraction of sp³-hybridized carbons (Fsp3) is 0.0833. The molecule has 4 nitrogen and oxygen atoms in total. The SMILES string of the molecule is FC(F)(F)c1ccccc1Nc1nc2c(Cl)ncnc2s1. The number of anilines is 2. The Morgan fingerprint density at radius 1 is 1.14 bits per heavy atom. The Morgan fingerprint density at radius 2 is 1.90 bits per heavy atom. The highest BCUT2D eigenvalue weighted by atomic mass is 35.5. The van der Waals surface area contributed by atoms with Crippen molar-refractivity contribution >= 4 is 44.1 Å². The lowest BCUT2D eigenvalue weighted by molar-refractivity contribution is -0.136. The Morgan fingerprint density at radius 3 is 2.62 bits per heavy atom. The van der Waals surface area contributed by atoms with Crippen LogP contribution in [0.2, 0.25) is 5.15 Å². The van der Waals surface area contributed by atoms with E-state index in [4.69, 9.17) is 11.6 Å². The Bertz CT molecular complexity index is 803. The molecule has 0 radical (unpaired) electrons. The van der Waals surface area contributed by atoms with Gasteiger partial charge in [0.15, 0.2) is 10.3 Å². The summed E-state index contributed by atoms with van der Waals surface area (Å²) < 4.78 is 38.8. The van der Waals surface area contributed by atoms with Crippen molar-refractivity contribution < 1.29 is 13.2 Å². The molecule has 3 rings (SSSR count). The maximum Gasteiger partial charge on any atom is 0.418 e. The number of aromatic nitrogens is 3. The van der Waals surface area contributed by atoms with E-state index in [1.54, 1.807) is 0 Å². The van der Waals surface area contributed by atoms with Crippen molar-refractivity contribution in [2.45, 2.75) is 6.18 Å². The zero-order valence-corrected chi connectivity index (χ0v) is 11.7. The highest BCUT2D eigenvalue weighted by Crippen LogP contribution is 2.37. The van der Waals surface area contributed by atoms with Gasteiger partial charge in [-0.1, -0.05) is 35.1 Å². The zero-order chi connectivity index (χ0) is 15.0. The molecule has 0 spiro atoms.